The van der Waals surface area contributed by atoms with E-state index >= 15 is 0 Å². The van der Waals surface area contributed by atoms with Crippen LogP contribution in [-0.2, 0) is 11.3 Å². The SMILES string of the molecule is O=C(Nc1ccc(N2CCOCC2)nc1)c1cnc2c(c1)ncn2Cc1cccnc1. The van der Waals surface area contributed by atoms with E-state index in [4.69, 9.17) is 4.74 Å². The molecule has 5 rings (SSSR count). The first-order valence-electron chi connectivity index (χ1n) is 10.1. The van der Waals surface area contributed by atoms with Crippen LogP contribution in [0, 0.1) is 0 Å². The van der Waals surface area contributed by atoms with Crippen molar-refractivity contribution in [3.05, 3.63) is 72.6 Å². The Bertz CT molecular complexity index is 1190. The quantitative estimate of drug-likeness (QED) is 0.534. The van der Waals surface area contributed by atoms with Gasteiger partial charge in [-0.05, 0) is 29.8 Å². The Kier molecular flexibility index (Phi) is 5.24. The number of morpholine rings is 1. The number of ether oxygens (including phenoxy) is 1. The third-order valence-electron chi connectivity index (χ3n) is 5.13. The number of fused-ring (bicyclic) bond motifs is 1. The van der Waals surface area contributed by atoms with Crippen LogP contribution in [0.2, 0.25) is 0 Å². The highest BCUT2D eigenvalue weighted by Crippen LogP contribution is 2.18. The fourth-order valence-electron chi connectivity index (χ4n) is 3.52. The molecule has 0 spiro atoms. The first-order chi connectivity index (χ1) is 15.3. The molecule has 1 fully saturated rings. The second-order valence-corrected chi connectivity index (χ2v) is 7.26. The minimum absolute atomic E-state index is 0.253. The molecule has 0 aromatic carbocycles. The molecule has 4 aromatic rings. The van der Waals surface area contributed by atoms with Crippen LogP contribution in [0.4, 0.5) is 11.5 Å². The van der Waals surface area contributed by atoms with E-state index < -0.39 is 0 Å². The molecule has 1 aliphatic rings. The number of anilines is 2. The van der Waals surface area contributed by atoms with Crippen molar-refractivity contribution in [2.75, 3.05) is 36.5 Å². The summed E-state index contributed by atoms with van der Waals surface area (Å²) < 4.78 is 7.30. The molecule has 156 valence electrons. The minimum Gasteiger partial charge on any atom is -0.378 e. The summed E-state index contributed by atoms with van der Waals surface area (Å²) >= 11 is 0. The molecule has 0 aliphatic carbocycles. The van der Waals surface area contributed by atoms with Gasteiger partial charge in [-0.3, -0.25) is 9.78 Å². The van der Waals surface area contributed by atoms with Crippen molar-refractivity contribution in [1.82, 2.24) is 24.5 Å². The Labute approximate surface area is 178 Å². The van der Waals surface area contributed by atoms with Gasteiger partial charge in [-0.15, -0.1) is 0 Å². The van der Waals surface area contributed by atoms with Crippen molar-refractivity contribution in [3.63, 3.8) is 0 Å². The largest absolute Gasteiger partial charge is 0.378 e. The van der Waals surface area contributed by atoms with E-state index in [9.17, 15) is 4.79 Å². The summed E-state index contributed by atoms with van der Waals surface area (Å²) in [4.78, 5) is 32.3. The van der Waals surface area contributed by atoms with Crippen LogP contribution < -0.4 is 10.2 Å². The molecule has 9 heteroatoms. The van der Waals surface area contributed by atoms with Gasteiger partial charge in [0.05, 0.1) is 43.5 Å². The highest BCUT2D eigenvalue weighted by atomic mass is 16.5. The predicted molar refractivity (Wildman–Crippen MR) is 116 cm³/mol. The molecule has 31 heavy (non-hydrogen) atoms. The summed E-state index contributed by atoms with van der Waals surface area (Å²) in [5.41, 5.74) is 3.51. The van der Waals surface area contributed by atoms with Crippen LogP contribution in [0.15, 0.2) is 61.4 Å². The zero-order chi connectivity index (χ0) is 21.0. The Morgan fingerprint density at radius 2 is 1.97 bits per heavy atom. The standard InChI is InChI=1S/C22H21N7O2/c30-22(27-18-3-4-20(24-13-18)28-6-8-31-9-7-28)17-10-19-21(25-12-17)29(15-26-19)14-16-2-1-5-23-11-16/h1-5,10-13,15H,6-9,14H2,(H,27,30). The van der Waals surface area contributed by atoms with E-state index in [1.165, 1.54) is 0 Å². The number of amides is 1. The van der Waals surface area contributed by atoms with Crippen molar-refractivity contribution >= 4 is 28.6 Å². The van der Waals surface area contributed by atoms with Gasteiger partial charge < -0.3 is 19.5 Å². The molecule has 0 atom stereocenters. The van der Waals surface area contributed by atoms with E-state index in [1.807, 2.05) is 35.0 Å². The number of aromatic nitrogens is 5. The highest BCUT2D eigenvalue weighted by molar-refractivity contribution is 6.05. The van der Waals surface area contributed by atoms with Gasteiger partial charge >= 0.3 is 0 Å². The Balaban J connectivity index is 1.28. The lowest BCUT2D eigenvalue weighted by Gasteiger charge is -2.27. The van der Waals surface area contributed by atoms with E-state index in [0.717, 1.165) is 30.1 Å². The number of hydrogen-bond acceptors (Lipinski definition) is 7. The average Bonchev–Trinajstić information content (AvgIpc) is 3.23. The monoisotopic (exact) mass is 415 g/mol. The summed E-state index contributed by atoms with van der Waals surface area (Å²) in [7, 11) is 0. The maximum atomic E-state index is 12.7. The van der Waals surface area contributed by atoms with Crippen LogP contribution in [0.1, 0.15) is 15.9 Å². The van der Waals surface area contributed by atoms with Gasteiger partial charge in [-0.2, -0.15) is 0 Å². The number of rotatable bonds is 5. The van der Waals surface area contributed by atoms with Gasteiger partial charge in [0.25, 0.3) is 5.91 Å². The number of nitrogens with zero attached hydrogens (tertiary/aromatic N) is 6. The number of carbonyl (C=O) groups excluding carboxylic acids is 1. The molecule has 1 amide bonds. The Morgan fingerprint density at radius 1 is 1.06 bits per heavy atom. The van der Waals surface area contributed by atoms with Crippen LogP contribution in [-0.4, -0.2) is 56.7 Å². The molecule has 4 aromatic heterocycles. The lowest BCUT2D eigenvalue weighted by Crippen LogP contribution is -2.36. The lowest BCUT2D eigenvalue weighted by molar-refractivity contribution is 0.102. The van der Waals surface area contributed by atoms with Crippen LogP contribution in [0.5, 0.6) is 0 Å². The molecular formula is C22H21N7O2. The number of imidazole rings is 1. The first-order valence-corrected chi connectivity index (χ1v) is 10.1. The average molecular weight is 415 g/mol. The molecule has 0 unspecified atom stereocenters. The molecule has 9 nitrogen and oxygen atoms in total. The van der Waals surface area contributed by atoms with Gasteiger partial charge in [0.2, 0.25) is 0 Å². The van der Waals surface area contributed by atoms with E-state index in [1.54, 1.807) is 31.0 Å². The normalized spacial score (nSPS) is 14.0. The van der Waals surface area contributed by atoms with Gasteiger partial charge in [0.1, 0.15) is 11.3 Å². The molecule has 1 saturated heterocycles. The van der Waals surface area contributed by atoms with Gasteiger partial charge in [0.15, 0.2) is 5.65 Å². The van der Waals surface area contributed by atoms with Gasteiger partial charge in [-0.25, -0.2) is 15.0 Å². The predicted octanol–water partition coefficient (Wildman–Crippen LogP) is 2.36. The maximum absolute atomic E-state index is 12.7. The topological polar surface area (TPSA) is 98.1 Å². The van der Waals surface area contributed by atoms with Crippen LogP contribution in [0.25, 0.3) is 11.2 Å². The van der Waals surface area contributed by atoms with E-state index in [2.05, 4.69) is 30.2 Å². The number of pyridine rings is 3. The second kappa shape index (κ2) is 8.49. The zero-order valence-corrected chi connectivity index (χ0v) is 16.8. The summed E-state index contributed by atoms with van der Waals surface area (Å²) in [5.74, 6) is 0.626. The molecule has 1 N–H and O–H groups in total. The van der Waals surface area contributed by atoms with Gasteiger partial charge in [0, 0.05) is 31.7 Å². The summed E-state index contributed by atoms with van der Waals surface area (Å²) in [6, 6.07) is 9.39. The van der Waals surface area contributed by atoms with Crippen molar-refractivity contribution < 1.29 is 9.53 Å². The fraction of sp³-hybridized carbons (Fsp3) is 0.227. The maximum Gasteiger partial charge on any atom is 0.257 e. The van der Waals surface area contributed by atoms with Crippen molar-refractivity contribution in [3.8, 4) is 0 Å². The highest BCUT2D eigenvalue weighted by Gasteiger charge is 2.14. The third kappa shape index (κ3) is 4.22. The zero-order valence-electron chi connectivity index (χ0n) is 16.8. The number of hydrogen-bond donors (Lipinski definition) is 1. The molecule has 0 saturated carbocycles. The lowest BCUT2D eigenvalue weighted by atomic mass is 10.2. The first kappa shape index (κ1) is 19.1. The molecule has 0 bridgehead atoms. The van der Waals surface area contributed by atoms with E-state index in [0.29, 0.717) is 36.5 Å². The van der Waals surface area contributed by atoms with Crippen molar-refractivity contribution in [2.24, 2.45) is 0 Å². The third-order valence-corrected chi connectivity index (χ3v) is 5.13. The molecule has 5 heterocycles. The van der Waals surface area contributed by atoms with E-state index in [-0.39, 0.29) is 5.91 Å². The summed E-state index contributed by atoms with van der Waals surface area (Å²) in [5, 5.41) is 2.87. The second-order valence-electron chi connectivity index (χ2n) is 7.26. The van der Waals surface area contributed by atoms with Crippen LogP contribution in [0.3, 0.4) is 0 Å². The summed E-state index contributed by atoms with van der Waals surface area (Å²) in [6.07, 6.45) is 8.50. The molecule has 1 aliphatic heterocycles. The Hall–Kier alpha value is -3.85. The van der Waals surface area contributed by atoms with Crippen molar-refractivity contribution in [2.45, 2.75) is 6.54 Å². The van der Waals surface area contributed by atoms with Gasteiger partial charge in [-0.1, -0.05) is 6.07 Å². The van der Waals surface area contributed by atoms with Crippen molar-refractivity contribution in [1.29, 1.82) is 0 Å². The minimum atomic E-state index is -0.253. The Morgan fingerprint density at radius 3 is 2.74 bits per heavy atom. The number of nitrogens with one attached hydrogen (secondary N) is 1. The molecular weight excluding hydrogens is 394 g/mol. The summed E-state index contributed by atoms with van der Waals surface area (Å²) in [6.45, 7) is 3.65. The number of carbonyl (C=O) groups is 1. The van der Waals surface area contributed by atoms with Crippen LogP contribution >= 0.6 is 0 Å². The molecule has 0 radical (unpaired) electrons. The smallest absolute Gasteiger partial charge is 0.257 e. The fourth-order valence-corrected chi connectivity index (χ4v) is 3.52.